The van der Waals surface area contributed by atoms with Gasteiger partial charge in [0.05, 0.1) is 6.61 Å². The smallest absolute Gasteiger partial charge is 0.193 e. The first-order chi connectivity index (χ1) is 14.3. The summed E-state index contributed by atoms with van der Waals surface area (Å²) < 4.78 is 11.8. The predicted molar refractivity (Wildman–Crippen MR) is 134 cm³/mol. The number of halogens is 1. The van der Waals surface area contributed by atoms with Crippen molar-refractivity contribution in [3.05, 3.63) is 66.2 Å². The van der Waals surface area contributed by atoms with Crippen molar-refractivity contribution in [2.24, 2.45) is 4.99 Å². The number of unbranched alkanes of at least 4 members (excludes halogenated alkanes) is 1. The SMILES string of the molecule is CN=C(NCCCCOCc1ccccc1)N1CCC(Oc2ccccc2)CC1.I. The third-order valence-corrected chi connectivity index (χ3v) is 5.11. The van der Waals surface area contributed by atoms with Crippen molar-refractivity contribution in [1.29, 1.82) is 0 Å². The average Bonchev–Trinajstić information content (AvgIpc) is 2.78. The number of nitrogens with zero attached hydrogens (tertiary/aromatic N) is 2. The largest absolute Gasteiger partial charge is 0.490 e. The molecule has 5 nitrogen and oxygen atoms in total. The minimum absolute atomic E-state index is 0. The highest BCUT2D eigenvalue weighted by Gasteiger charge is 2.22. The number of aliphatic imine (C=N–C) groups is 1. The van der Waals surface area contributed by atoms with Crippen molar-refractivity contribution in [1.82, 2.24) is 10.2 Å². The van der Waals surface area contributed by atoms with E-state index in [0.29, 0.717) is 6.61 Å². The fraction of sp³-hybridized carbons (Fsp3) is 0.458. The van der Waals surface area contributed by atoms with Crippen LogP contribution >= 0.6 is 24.0 Å². The highest BCUT2D eigenvalue weighted by molar-refractivity contribution is 14.0. The van der Waals surface area contributed by atoms with E-state index in [9.17, 15) is 0 Å². The predicted octanol–water partition coefficient (Wildman–Crippen LogP) is 4.72. The fourth-order valence-electron chi connectivity index (χ4n) is 3.50. The Labute approximate surface area is 197 Å². The lowest BCUT2D eigenvalue weighted by molar-refractivity contribution is 0.117. The fourth-order valence-corrected chi connectivity index (χ4v) is 3.50. The van der Waals surface area contributed by atoms with E-state index < -0.39 is 0 Å². The Balaban J connectivity index is 0.00000320. The maximum atomic E-state index is 6.08. The molecule has 1 saturated heterocycles. The van der Waals surface area contributed by atoms with Crippen molar-refractivity contribution in [2.45, 2.75) is 38.4 Å². The molecule has 0 saturated carbocycles. The molecule has 0 aromatic heterocycles. The van der Waals surface area contributed by atoms with Crippen LogP contribution < -0.4 is 10.1 Å². The normalized spacial score (nSPS) is 14.8. The molecule has 6 heteroatoms. The molecule has 0 bridgehead atoms. The Morgan fingerprint density at radius 1 is 1.00 bits per heavy atom. The lowest BCUT2D eigenvalue weighted by Crippen LogP contribution is -2.47. The summed E-state index contributed by atoms with van der Waals surface area (Å²) in [6, 6.07) is 20.4. The molecule has 1 N–H and O–H groups in total. The van der Waals surface area contributed by atoms with E-state index in [-0.39, 0.29) is 30.1 Å². The van der Waals surface area contributed by atoms with Crippen LogP contribution in [0.4, 0.5) is 0 Å². The molecule has 0 radical (unpaired) electrons. The third kappa shape index (κ3) is 8.52. The first-order valence-electron chi connectivity index (χ1n) is 10.6. The number of piperidine rings is 1. The quantitative estimate of drug-likeness (QED) is 0.224. The highest BCUT2D eigenvalue weighted by atomic mass is 127. The number of likely N-dealkylation sites (tertiary alicyclic amines) is 1. The Morgan fingerprint density at radius 3 is 2.33 bits per heavy atom. The zero-order valence-electron chi connectivity index (χ0n) is 17.8. The lowest BCUT2D eigenvalue weighted by atomic mass is 10.1. The Hall–Kier alpha value is -1.80. The number of hydrogen-bond acceptors (Lipinski definition) is 3. The van der Waals surface area contributed by atoms with Gasteiger partial charge in [-0.2, -0.15) is 0 Å². The van der Waals surface area contributed by atoms with E-state index in [4.69, 9.17) is 9.47 Å². The second kappa shape index (κ2) is 14.2. The van der Waals surface area contributed by atoms with E-state index in [2.05, 4.69) is 27.3 Å². The summed E-state index contributed by atoms with van der Waals surface area (Å²) in [6.45, 7) is 4.34. The van der Waals surface area contributed by atoms with Gasteiger partial charge in [-0.1, -0.05) is 48.5 Å². The van der Waals surface area contributed by atoms with Crippen LogP contribution in [0.25, 0.3) is 0 Å². The number of benzene rings is 2. The van der Waals surface area contributed by atoms with Gasteiger partial charge in [-0.05, 0) is 30.5 Å². The van der Waals surface area contributed by atoms with Crippen LogP contribution in [0.15, 0.2) is 65.7 Å². The number of para-hydroxylation sites is 1. The first-order valence-corrected chi connectivity index (χ1v) is 10.6. The molecule has 1 heterocycles. The standard InChI is InChI=1S/C24H33N3O2.HI/c1-25-24(26-16-8-9-19-28-20-21-10-4-2-5-11-21)27-17-14-23(15-18-27)29-22-12-6-3-7-13-22;/h2-7,10-13,23H,8-9,14-20H2,1H3,(H,25,26);1H. The molecule has 0 aliphatic carbocycles. The zero-order chi connectivity index (χ0) is 20.2. The Bertz CT molecular complexity index is 720. The van der Waals surface area contributed by atoms with Crippen molar-refractivity contribution in [3.63, 3.8) is 0 Å². The molecule has 1 aliphatic heterocycles. The number of nitrogens with one attached hydrogen (secondary N) is 1. The minimum Gasteiger partial charge on any atom is -0.490 e. The van der Waals surface area contributed by atoms with E-state index in [1.807, 2.05) is 55.6 Å². The summed E-state index contributed by atoms with van der Waals surface area (Å²) in [5.41, 5.74) is 1.23. The summed E-state index contributed by atoms with van der Waals surface area (Å²) >= 11 is 0. The zero-order valence-corrected chi connectivity index (χ0v) is 20.2. The monoisotopic (exact) mass is 523 g/mol. The molecule has 164 valence electrons. The summed E-state index contributed by atoms with van der Waals surface area (Å²) in [7, 11) is 1.86. The van der Waals surface area contributed by atoms with Crippen LogP contribution in [-0.4, -0.2) is 50.3 Å². The van der Waals surface area contributed by atoms with Crippen molar-refractivity contribution in [2.75, 3.05) is 33.3 Å². The van der Waals surface area contributed by atoms with Crippen LogP contribution in [0.3, 0.4) is 0 Å². The molecule has 30 heavy (non-hydrogen) atoms. The van der Waals surface area contributed by atoms with Gasteiger partial charge in [0.25, 0.3) is 0 Å². The van der Waals surface area contributed by atoms with Crippen molar-refractivity contribution in [3.8, 4) is 5.75 Å². The van der Waals surface area contributed by atoms with Crippen LogP contribution in [0.2, 0.25) is 0 Å². The number of ether oxygens (including phenoxy) is 2. The van der Waals surface area contributed by atoms with E-state index in [1.165, 1.54) is 5.56 Å². The van der Waals surface area contributed by atoms with E-state index in [1.54, 1.807) is 0 Å². The van der Waals surface area contributed by atoms with Gasteiger partial charge in [0.15, 0.2) is 5.96 Å². The van der Waals surface area contributed by atoms with Crippen molar-refractivity contribution >= 4 is 29.9 Å². The number of guanidine groups is 1. The second-order valence-electron chi connectivity index (χ2n) is 7.34. The number of hydrogen-bond donors (Lipinski definition) is 1. The number of rotatable bonds is 9. The molecule has 2 aromatic carbocycles. The average molecular weight is 523 g/mol. The van der Waals surface area contributed by atoms with Gasteiger partial charge < -0.3 is 19.7 Å². The molecule has 1 aliphatic rings. The van der Waals surface area contributed by atoms with Gasteiger partial charge in [0.2, 0.25) is 0 Å². The van der Waals surface area contributed by atoms with Gasteiger partial charge in [0, 0.05) is 46.1 Å². The van der Waals surface area contributed by atoms with Crippen LogP contribution in [0.1, 0.15) is 31.2 Å². The van der Waals surface area contributed by atoms with Crippen LogP contribution in [-0.2, 0) is 11.3 Å². The summed E-state index contributed by atoms with van der Waals surface area (Å²) in [5.74, 6) is 1.95. The molecule has 0 spiro atoms. The summed E-state index contributed by atoms with van der Waals surface area (Å²) in [5, 5.41) is 3.49. The van der Waals surface area contributed by atoms with Crippen LogP contribution in [0.5, 0.6) is 5.75 Å². The molecule has 0 amide bonds. The maximum Gasteiger partial charge on any atom is 0.193 e. The van der Waals surface area contributed by atoms with Gasteiger partial charge in [-0.3, -0.25) is 4.99 Å². The molecule has 2 aromatic rings. The highest BCUT2D eigenvalue weighted by Crippen LogP contribution is 2.18. The van der Waals surface area contributed by atoms with Gasteiger partial charge in [-0.25, -0.2) is 0 Å². The maximum absolute atomic E-state index is 6.08. The Morgan fingerprint density at radius 2 is 1.67 bits per heavy atom. The molecular formula is C24H34IN3O2. The first kappa shape index (κ1) is 24.5. The van der Waals surface area contributed by atoms with Crippen LogP contribution in [0, 0.1) is 0 Å². The molecule has 3 rings (SSSR count). The third-order valence-electron chi connectivity index (χ3n) is 5.11. The van der Waals surface area contributed by atoms with E-state index in [0.717, 1.165) is 63.6 Å². The minimum atomic E-state index is 0. The van der Waals surface area contributed by atoms with Gasteiger partial charge >= 0.3 is 0 Å². The second-order valence-corrected chi connectivity index (χ2v) is 7.34. The molecule has 1 fully saturated rings. The topological polar surface area (TPSA) is 46.1 Å². The molecular weight excluding hydrogens is 489 g/mol. The summed E-state index contributed by atoms with van der Waals surface area (Å²) in [4.78, 5) is 6.78. The molecule has 0 unspecified atom stereocenters. The Kier molecular flexibility index (Phi) is 11.6. The van der Waals surface area contributed by atoms with Crippen molar-refractivity contribution < 1.29 is 9.47 Å². The molecule has 0 atom stereocenters. The van der Waals surface area contributed by atoms with E-state index >= 15 is 0 Å². The van der Waals surface area contributed by atoms with Gasteiger partial charge in [-0.15, -0.1) is 24.0 Å². The summed E-state index contributed by atoms with van der Waals surface area (Å²) in [6.07, 6.45) is 4.44. The van der Waals surface area contributed by atoms with Gasteiger partial charge in [0.1, 0.15) is 11.9 Å². The lowest BCUT2D eigenvalue weighted by Gasteiger charge is -2.34.